The van der Waals surface area contributed by atoms with Crippen LogP contribution in [-0.4, -0.2) is 0 Å². The van der Waals surface area contributed by atoms with E-state index in [4.69, 9.17) is 0 Å². The summed E-state index contributed by atoms with van der Waals surface area (Å²) >= 11 is 0. The van der Waals surface area contributed by atoms with E-state index in [-0.39, 0.29) is 11.1 Å². The number of rotatable bonds is 10. The molecule has 0 aliphatic heterocycles. The lowest BCUT2D eigenvalue weighted by Crippen LogP contribution is -2.15. The highest BCUT2D eigenvalue weighted by Gasteiger charge is 2.21. The van der Waals surface area contributed by atoms with E-state index in [2.05, 4.69) is 13.0 Å². The Balaban J connectivity index is 1.32. The number of aryl methyl sites for hydroxylation is 1. The lowest BCUT2D eigenvalue weighted by atomic mass is 9.77. The van der Waals surface area contributed by atoms with E-state index >= 15 is 4.39 Å². The second-order valence-corrected chi connectivity index (χ2v) is 10.3. The minimum atomic E-state index is -0.703. The molecular formula is C31H37F3. The second-order valence-electron chi connectivity index (χ2n) is 10.3. The van der Waals surface area contributed by atoms with Gasteiger partial charge < -0.3 is 0 Å². The normalized spacial score (nSPS) is 18.5. The van der Waals surface area contributed by atoms with Gasteiger partial charge in [0.1, 0.15) is 17.5 Å². The maximum Gasteiger partial charge on any atom is 0.138 e. The van der Waals surface area contributed by atoms with Gasteiger partial charge in [0.25, 0.3) is 0 Å². The van der Waals surface area contributed by atoms with Gasteiger partial charge in [-0.05, 0) is 53.3 Å². The number of hydrogen-bond acceptors (Lipinski definition) is 0. The number of benzene rings is 3. The highest BCUT2D eigenvalue weighted by molar-refractivity contribution is 5.88. The average Bonchev–Trinajstić information content (AvgIpc) is 2.83. The SMILES string of the molecule is CCCCCCCC1CCC(CCc2ccc3c(F)c(-c4cc(F)cc(F)c4)ccc3c2)CC1. The van der Waals surface area contributed by atoms with Gasteiger partial charge in [-0.2, -0.15) is 0 Å². The van der Waals surface area contributed by atoms with Gasteiger partial charge >= 0.3 is 0 Å². The van der Waals surface area contributed by atoms with Crippen LogP contribution in [0.15, 0.2) is 48.5 Å². The van der Waals surface area contributed by atoms with Crippen molar-refractivity contribution in [2.75, 3.05) is 0 Å². The zero-order valence-electron chi connectivity index (χ0n) is 20.4. The second kappa shape index (κ2) is 11.9. The van der Waals surface area contributed by atoms with Crippen LogP contribution < -0.4 is 0 Å². The smallest absolute Gasteiger partial charge is 0.138 e. The first-order valence-electron chi connectivity index (χ1n) is 13.2. The van der Waals surface area contributed by atoms with Crippen LogP contribution in [0, 0.1) is 29.3 Å². The van der Waals surface area contributed by atoms with Crippen LogP contribution in [0.3, 0.4) is 0 Å². The Morgan fingerprint density at radius 2 is 1.38 bits per heavy atom. The predicted octanol–water partition coefficient (Wildman–Crippen LogP) is 10.0. The zero-order chi connectivity index (χ0) is 23.9. The summed E-state index contributed by atoms with van der Waals surface area (Å²) in [5, 5.41) is 1.33. The molecule has 182 valence electrons. The highest BCUT2D eigenvalue weighted by atomic mass is 19.1. The monoisotopic (exact) mass is 466 g/mol. The van der Waals surface area contributed by atoms with Crippen molar-refractivity contribution in [2.24, 2.45) is 11.8 Å². The molecule has 0 spiro atoms. The van der Waals surface area contributed by atoms with Crippen molar-refractivity contribution in [1.82, 2.24) is 0 Å². The summed E-state index contributed by atoms with van der Waals surface area (Å²) in [5.74, 6) is -0.102. The quantitative estimate of drug-likeness (QED) is 0.261. The van der Waals surface area contributed by atoms with Crippen molar-refractivity contribution in [2.45, 2.75) is 84.0 Å². The van der Waals surface area contributed by atoms with Gasteiger partial charge in [0, 0.05) is 17.0 Å². The number of halogens is 3. The van der Waals surface area contributed by atoms with E-state index in [1.54, 1.807) is 6.07 Å². The predicted molar refractivity (Wildman–Crippen MR) is 136 cm³/mol. The van der Waals surface area contributed by atoms with Crippen LogP contribution in [0.2, 0.25) is 0 Å². The Labute approximate surface area is 202 Å². The van der Waals surface area contributed by atoms with Crippen molar-refractivity contribution < 1.29 is 13.2 Å². The first-order chi connectivity index (χ1) is 16.5. The summed E-state index contributed by atoms with van der Waals surface area (Å²) < 4.78 is 42.4. The van der Waals surface area contributed by atoms with Gasteiger partial charge in [0.05, 0.1) is 0 Å². The third-order valence-electron chi connectivity index (χ3n) is 7.72. The van der Waals surface area contributed by atoms with Crippen molar-refractivity contribution in [1.29, 1.82) is 0 Å². The molecule has 0 heterocycles. The van der Waals surface area contributed by atoms with E-state index in [9.17, 15) is 8.78 Å². The minimum absolute atomic E-state index is 0.220. The van der Waals surface area contributed by atoms with Gasteiger partial charge in [0.15, 0.2) is 0 Å². The van der Waals surface area contributed by atoms with E-state index in [1.807, 2.05) is 18.2 Å². The van der Waals surface area contributed by atoms with E-state index in [0.717, 1.165) is 29.7 Å². The Morgan fingerprint density at radius 3 is 2.09 bits per heavy atom. The van der Waals surface area contributed by atoms with Crippen LogP contribution in [0.25, 0.3) is 21.9 Å². The fourth-order valence-electron chi connectivity index (χ4n) is 5.65. The minimum Gasteiger partial charge on any atom is -0.207 e. The molecule has 3 aromatic carbocycles. The fraction of sp³-hybridized carbons (Fsp3) is 0.484. The number of hydrogen-bond donors (Lipinski definition) is 0. The molecule has 0 nitrogen and oxygen atoms in total. The lowest BCUT2D eigenvalue weighted by molar-refractivity contribution is 0.249. The van der Waals surface area contributed by atoms with E-state index in [1.165, 1.54) is 88.3 Å². The van der Waals surface area contributed by atoms with Crippen LogP contribution in [0.4, 0.5) is 13.2 Å². The number of unbranched alkanes of at least 4 members (excludes halogenated alkanes) is 4. The molecule has 4 rings (SSSR count). The van der Waals surface area contributed by atoms with Crippen molar-refractivity contribution in [3.8, 4) is 11.1 Å². The third-order valence-corrected chi connectivity index (χ3v) is 7.72. The van der Waals surface area contributed by atoms with Gasteiger partial charge in [0.2, 0.25) is 0 Å². The molecule has 3 heteroatoms. The maximum absolute atomic E-state index is 15.2. The summed E-state index contributed by atoms with van der Waals surface area (Å²) in [5.41, 5.74) is 1.67. The van der Waals surface area contributed by atoms with E-state index in [0.29, 0.717) is 5.39 Å². The molecule has 1 saturated carbocycles. The molecule has 0 amide bonds. The van der Waals surface area contributed by atoms with Crippen LogP contribution in [0.5, 0.6) is 0 Å². The Bertz CT molecular complexity index is 1060. The molecule has 0 N–H and O–H groups in total. The lowest BCUT2D eigenvalue weighted by Gasteiger charge is -2.28. The Hall–Kier alpha value is -2.29. The molecule has 0 atom stereocenters. The van der Waals surface area contributed by atoms with Crippen LogP contribution >= 0.6 is 0 Å². The summed E-state index contributed by atoms with van der Waals surface area (Å²) in [7, 11) is 0. The van der Waals surface area contributed by atoms with Gasteiger partial charge in [-0.3, -0.25) is 0 Å². The summed E-state index contributed by atoms with van der Waals surface area (Å²) in [6.45, 7) is 2.27. The largest absolute Gasteiger partial charge is 0.207 e. The van der Waals surface area contributed by atoms with Crippen LogP contribution in [0.1, 0.15) is 83.1 Å². The summed E-state index contributed by atoms with van der Waals surface area (Å²) in [4.78, 5) is 0. The van der Waals surface area contributed by atoms with Gasteiger partial charge in [-0.1, -0.05) is 101 Å². The molecule has 0 aromatic heterocycles. The zero-order valence-corrected chi connectivity index (χ0v) is 20.4. The van der Waals surface area contributed by atoms with E-state index < -0.39 is 17.5 Å². The van der Waals surface area contributed by atoms with Gasteiger partial charge in [-0.15, -0.1) is 0 Å². The molecule has 1 fully saturated rings. The highest BCUT2D eigenvalue weighted by Crippen LogP contribution is 2.35. The fourth-order valence-corrected chi connectivity index (χ4v) is 5.65. The molecule has 34 heavy (non-hydrogen) atoms. The first kappa shape index (κ1) is 24.8. The van der Waals surface area contributed by atoms with Crippen LogP contribution in [-0.2, 0) is 6.42 Å². The number of fused-ring (bicyclic) bond motifs is 1. The molecule has 1 aliphatic carbocycles. The molecule has 3 aromatic rings. The topological polar surface area (TPSA) is 0 Å². The third kappa shape index (κ3) is 6.43. The molecule has 0 radical (unpaired) electrons. The maximum atomic E-state index is 15.2. The molecular weight excluding hydrogens is 429 g/mol. The Kier molecular flexibility index (Phi) is 8.69. The molecule has 1 aliphatic rings. The first-order valence-corrected chi connectivity index (χ1v) is 13.2. The standard InChI is InChI=1S/C31H37F3/c1-2-3-4-5-6-7-22-8-10-23(11-9-22)12-13-24-14-16-29-25(18-24)15-17-30(31(29)34)26-19-27(32)21-28(33)20-26/h14-23H,2-13H2,1H3. The van der Waals surface area contributed by atoms with Gasteiger partial charge in [-0.25, -0.2) is 13.2 Å². The molecule has 0 unspecified atom stereocenters. The summed E-state index contributed by atoms with van der Waals surface area (Å²) in [6, 6.07) is 12.5. The molecule has 0 saturated heterocycles. The Morgan fingerprint density at radius 1 is 0.706 bits per heavy atom. The van der Waals surface area contributed by atoms with Crippen molar-refractivity contribution in [3.05, 3.63) is 71.5 Å². The van der Waals surface area contributed by atoms with Crippen molar-refractivity contribution >= 4 is 10.8 Å². The summed E-state index contributed by atoms with van der Waals surface area (Å²) in [6.07, 6.45) is 16.0. The molecule has 0 bridgehead atoms. The average molecular weight is 467 g/mol. The van der Waals surface area contributed by atoms with Crippen molar-refractivity contribution in [3.63, 3.8) is 0 Å².